The Morgan fingerprint density at radius 1 is 1.32 bits per heavy atom. The lowest BCUT2D eigenvalue weighted by Gasteiger charge is -2.32. The van der Waals surface area contributed by atoms with Gasteiger partial charge in [-0.3, -0.25) is 9.59 Å². The van der Waals surface area contributed by atoms with Gasteiger partial charge < -0.3 is 15.5 Å². The summed E-state index contributed by atoms with van der Waals surface area (Å²) in [7, 11) is 1.95. The molecule has 6 heteroatoms. The van der Waals surface area contributed by atoms with Gasteiger partial charge in [-0.05, 0) is 50.6 Å². The molecule has 0 saturated carbocycles. The van der Waals surface area contributed by atoms with Crippen molar-refractivity contribution in [3.63, 3.8) is 0 Å². The minimum atomic E-state index is -0.222. The Labute approximate surface area is 139 Å². The maximum absolute atomic E-state index is 12.2. The standard InChI is InChI=1S/C16H22BrN3O2/c1-18-10-12-5-7-20(8-6-12)15(21)11-19-16(22)13-3-2-4-14(17)9-13/h2-4,9,12,18H,5-8,10-11H2,1H3,(H,19,22). The highest BCUT2D eigenvalue weighted by Gasteiger charge is 2.22. The highest BCUT2D eigenvalue weighted by atomic mass is 79.9. The molecule has 1 saturated heterocycles. The molecule has 5 nitrogen and oxygen atoms in total. The molecular formula is C16H22BrN3O2. The van der Waals surface area contributed by atoms with Gasteiger partial charge in [0.25, 0.3) is 5.91 Å². The molecule has 1 fully saturated rings. The summed E-state index contributed by atoms with van der Waals surface area (Å²) in [6.45, 7) is 2.61. The Balaban J connectivity index is 1.77. The van der Waals surface area contributed by atoms with Gasteiger partial charge in [0.1, 0.15) is 0 Å². The van der Waals surface area contributed by atoms with Crippen molar-refractivity contribution in [3.05, 3.63) is 34.3 Å². The first-order valence-electron chi connectivity index (χ1n) is 7.56. The number of halogens is 1. The van der Waals surface area contributed by atoms with E-state index in [9.17, 15) is 9.59 Å². The van der Waals surface area contributed by atoms with Crippen LogP contribution in [-0.4, -0.2) is 49.9 Å². The first kappa shape index (κ1) is 17.0. The molecule has 0 unspecified atom stereocenters. The highest BCUT2D eigenvalue weighted by molar-refractivity contribution is 9.10. The molecule has 1 aliphatic rings. The second kappa shape index (κ2) is 8.29. The van der Waals surface area contributed by atoms with Crippen LogP contribution in [0.1, 0.15) is 23.2 Å². The Morgan fingerprint density at radius 2 is 2.05 bits per heavy atom. The number of benzene rings is 1. The monoisotopic (exact) mass is 367 g/mol. The zero-order chi connectivity index (χ0) is 15.9. The van der Waals surface area contributed by atoms with E-state index >= 15 is 0 Å². The topological polar surface area (TPSA) is 61.4 Å². The van der Waals surface area contributed by atoms with Gasteiger partial charge in [-0.2, -0.15) is 0 Å². The molecule has 2 amide bonds. The maximum atomic E-state index is 12.2. The lowest BCUT2D eigenvalue weighted by Crippen LogP contribution is -2.45. The Kier molecular flexibility index (Phi) is 6.39. The van der Waals surface area contributed by atoms with Crippen molar-refractivity contribution in [1.29, 1.82) is 0 Å². The average Bonchev–Trinajstić information content (AvgIpc) is 2.53. The van der Waals surface area contributed by atoms with Gasteiger partial charge >= 0.3 is 0 Å². The molecular weight excluding hydrogens is 346 g/mol. The quantitative estimate of drug-likeness (QED) is 0.831. The van der Waals surface area contributed by atoms with Gasteiger partial charge in [0.2, 0.25) is 5.91 Å². The fourth-order valence-corrected chi connectivity index (χ4v) is 3.07. The molecule has 120 valence electrons. The van der Waals surface area contributed by atoms with Crippen LogP contribution in [-0.2, 0) is 4.79 Å². The minimum absolute atomic E-state index is 0.00810. The molecule has 0 spiro atoms. The molecule has 1 aliphatic heterocycles. The summed E-state index contributed by atoms with van der Waals surface area (Å²) in [5.74, 6) is 0.413. The number of carbonyl (C=O) groups is 2. The van der Waals surface area contributed by atoms with Crippen LogP contribution in [0.2, 0.25) is 0 Å². The number of nitrogens with zero attached hydrogens (tertiary/aromatic N) is 1. The zero-order valence-electron chi connectivity index (χ0n) is 12.8. The van der Waals surface area contributed by atoms with Crippen LogP contribution in [0.15, 0.2) is 28.7 Å². The Morgan fingerprint density at radius 3 is 2.68 bits per heavy atom. The first-order valence-corrected chi connectivity index (χ1v) is 8.35. The molecule has 0 bridgehead atoms. The van der Waals surface area contributed by atoms with Crippen LogP contribution in [0.4, 0.5) is 0 Å². The van der Waals surface area contributed by atoms with Gasteiger partial charge in [0.15, 0.2) is 0 Å². The summed E-state index contributed by atoms with van der Waals surface area (Å²) < 4.78 is 0.845. The third-order valence-electron chi connectivity index (χ3n) is 3.95. The van der Waals surface area contributed by atoms with Crippen LogP contribution in [0.25, 0.3) is 0 Å². The van der Waals surface area contributed by atoms with E-state index in [1.807, 2.05) is 18.0 Å². The smallest absolute Gasteiger partial charge is 0.251 e. The molecule has 0 atom stereocenters. The van der Waals surface area contributed by atoms with Crippen molar-refractivity contribution in [3.8, 4) is 0 Å². The lowest BCUT2D eigenvalue weighted by atomic mass is 9.97. The van der Waals surface area contributed by atoms with E-state index in [0.717, 1.165) is 36.9 Å². The van der Waals surface area contributed by atoms with Gasteiger partial charge in [-0.1, -0.05) is 22.0 Å². The first-order chi connectivity index (χ1) is 10.6. The van der Waals surface area contributed by atoms with Crippen LogP contribution in [0, 0.1) is 5.92 Å². The van der Waals surface area contributed by atoms with Gasteiger partial charge in [-0.15, -0.1) is 0 Å². The molecule has 22 heavy (non-hydrogen) atoms. The summed E-state index contributed by atoms with van der Waals surface area (Å²) in [6, 6.07) is 7.13. The molecule has 2 N–H and O–H groups in total. The largest absolute Gasteiger partial charge is 0.343 e. The molecule has 1 aromatic carbocycles. The summed E-state index contributed by atoms with van der Waals surface area (Å²) in [5.41, 5.74) is 0.551. The van der Waals surface area contributed by atoms with Crippen molar-refractivity contribution in [1.82, 2.24) is 15.5 Å². The number of rotatable bonds is 5. The molecule has 1 heterocycles. The molecule has 0 aliphatic carbocycles. The van der Waals surface area contributed by atoms with Gasteiger partial charge in [0, 0.05) is 23.1 Å². The van der Waals surface area contributed by atoms with E-state index in [-0.39, 0.29) is 18.4 Å². The van der Waals surface area contributed by atoms with Crippen LogP contribution >= 0.6 is 15.9 Å². The fourth-order valence-electron chi connectivity index (χ4n) is 2.67. The third-order valence-corrected chi connectivity index (χ3v) is 4.44. The number of hydrogen-bond donors (Lipinski definition) is 2. The predicted molar refractivity (Wildman–Crippen MR) is 89.7 cm³/mol. The van der Waals surface area contributed by atoms with Gasteiger partial charge in [0.05, 0.1) is 6.54 Å². The van der Waals surface area contributed by atoms with Crippen LogP contribution in [0.3, 0.4) is 0 Å². The van der Waals surface area contributed by atoms with Gasteiger partial charge in [-0.25, -0.2) is 0 Å². The van der Waals surface area contributed by atoms with E-state index < -0.39 is 0 Å². The number of carbonyl (C=O) groups excluding carboxylic acids is 2. The van der Waals surface area contributed by atoms with E-state index in [1.54, 1.807) is 18.2 Å². The summed E-state index contributed by atoms with van der Waals surface area (Å²) >= 11 is 3.33. The number of hydrogen-bond acceptors (Lipinski definition) is 3. The summed E-state index contributed by atoms with van der Waals surface area (Å²) in [6.07, 6.45) is 2.04. The van der Waals surface area contributed by atoms with Crippen molar-refractivity contribution >= 4 is 27.7 Å². The summed E-state index contributed by atoms with van der Waals surface area (Å²) in [5, 5.41) is 5.88. The third kappa shape index (κ3) is 4.81. The average molecular weight is 368 g/mol. The minimum Gasteiger partial charge on any atom is -0.343 e. The normalized spacial score (nSPS) is 15.6. The molecule has 0 radical (unpaired) electrons. The predicted octanol–water partition coefficient (Wildman–Crippen LogP) is 1.64. The molecule has 0 aromatic heterocycles. The van der Waals surface area contributed by atoms with Crippen molar-refractivity contribution < 1.29 is 9.59 Å². The van der Waals surface area contributed by atoms with E-state index in [0.29, 0.717) is 11.5 Å². The Bertz CT molecular complexity index is 528. The van der Waals surface area contributed by atoms with E-state index in [1.165, 1.54) is 0 Å². The maximum Gasteiger partial charge on any atom is 0.251 e. The number of piperidine rings is 1. The van der Waals surface area contributed by atoms with Crippen molar-refractivity contribution in [2.75, 3.05) is 33.2 Å². The number of likely N-dealkylation sites (tertiary alicyclic amines) is 1. The fraction of sp³-hybridized carbons (Fsp3) is 0.500. The Hall–Kier alpha value is -1.40. The second-order valence-electron chi connectivity index (χ2n) is 5.57. The lowest BCUT2D eigenvalue weighted by molar-refractivity contribution is -0.131. The van der Waals surface area contributed by atoms with Crippen LogP contribution < -0.4 is 10.6 Å². The van der Waals surface area contributed by atoms with E-state index in [2.05, 4.69) is 26.6 Å². The molecule has 1 aromatic rings. The highest BCUT2D eigenvalue weighted by Crippen LogP contribution is 2.16. The van der Waals surface area contributed by atoms with Crippen LogP contribution in [0.5, 0.6) is 0 Å². The second-order valence-corrected chi connectivity index (χ2v) is 6.49. The van der Waals surface area contributed by atoms with Crippen molar-refractivity contribution in [2.24, 2.45) is 5.92 Å². The molecule has 2 rings (SSSR count). The SMILES string of the molecule is CNCC1CCN(C(=O)CNC(=O)c2cccc(Br)c2)CC1. The summed E-state index contributed by atoms with van der Waals surface area (Å²) in [4.78, 5) is 26.0. The zero-order valence-corrected chi connectivity index (χ0v) is 14.4. The van der Waals surface area contributed by atoms with Crippen molar-refractivity contribution in [2.45, 2.75) is 12.8 Å². The number of nitrogens with one attached hydrogen (secondary N) is 2. The number of amides is 2. The van der Waals surface area contributed by atoms with E-state index in [4.69, 9.17) is 0 Å².